The highest BCUT2D eigenvalue weighted by atomic mass is 16.5. The Morgan fingerprint density at radius 1 is 1.05 bits per heavy atom. The molecule has 1 fully saturated rings. The first-order valence-electron chi connectivity index (χ1n) is 15.2. The molecule has 5 atom stereocenters. The first kappa shape index (κ1) is 30.9. The Balaban J connectivity index is 1.26. The number of pyridine rings is 1. The summed E-state index contributed by atoms with van der Waals surface area (Å²) in [6, 6.07) is 13.3. The molecule has 0 amide bonds. The Morgan fingerprint density at radius 2 is 1.93 bits per heavy atom. The molecule has 1 saturated carbocycles. The molecule has 2 aromatic heterocycles. The number of nitrogens with zero attached hydrogens (tertiary/aromatic N) is 1. The molecule has 4 rings (SSSR count). The zero-order valence-electron chi connectivity index (χ0n) is 24.0. The van der Waals surface area contributed by atoms with Crippen LogP contribution in [-0.2, 0) is 12.8 Å². The van der Waals surface area contributed by atoms with Crippen LogP contribution in [0, 0.1) is 11.8 Å². The van der Waals surface area contributed by atoms with Crippen molar-refractivity contribution < 1.29 is 25.2 Å². The molecule has 0 bridgehead atoms. The molecular weight excluding hydrogens is 518 g/mol. The molecule has 0 saturated heterocycles. The van der Waals surface area contributed by atoms with Gasteiger partial charge in [0.25, 0.3) is 0 Å². The summed E-state index contributed by atoms with van der Waals surface area (Å²) in [7, 11) is 0. The molecule has 2 heterocycles. The van der Waals surface area contributed by atoms with Crippen LogP contribution in [0.1, 0.15) is 80.5 Å². The number of aromatic nitrogens is 2. The number of aromatic amines is 1. The van der Waals surface area contributed by atoms with Gasteiger partial charge in [-0.05, 0) is 117 Å². The van der Waals surface area contributed by atoms with E-state index in [1.54, 1.807) is 12.3 Å². The van der Waals surface area contributed by atoms with Crippen LogP contribution >= 0.6 is 0 Å². The quantitative estimate of drug-likeness (QED) is 0.140. The van der Waals surface area contributed by atoms with Crippen molar-refractivity contribution in [3.8, 4) is 11.5 Å². The van der Waals surface area contributed by atoms with Gasteiger partial charge in [0.05, 0.1) is 18.8 Å². The van der Waals surface area contributed by atoms with Crippen LogP contribution < -0.4 is 10.5 Å². The largest absolute Gasteiger partial charge is 0.504 e. The topological polar surface area (TPSA) is 145 Å². The molecule has 224 valence electrons. The number of aliphatic hydroxyl groups is 3. The molecule has 41 heavy (non-hydrogen) atoms. The van der Waals surface area contributed by atoms with Gasteiger partial charge in [-0.3, -0.25) is 0 Å². The number of rotatable bonds is 15. The van der Waals surface area contributed by atoms with E-state index in [0.29, 0.717) is 43.4 Å². The van der Waals surface area contributed by atoms with Crippen LogP contribution in [0.15, 0.2) is 54.9 Å². The molecule has 8 nitrogen and oxygen atoms in total. The van der Waals surface area contributed by atoms with Crippen molar-refractivity contribution in [1.29, 1.82) is 0 Å². The van der Waals surface area contributed by atoms with Gasteiger partial charge in [-0.25, -0.2) is 4.98 Å². The summed E-state index contributed by atoms with van der Waals surface area (Å²) >= 11 is 0. The lowest BCUT2D eigenvalue weighted by atomic mass is 9.89. The summed E-state index contributed by atoms with van der Waals surface area (Å²) < 4.78 is 6.04. The number of aliphatic hydroxyl groups excluding tert-OH is 3. The number of aromatic hydroxyl groups is 1. The summed E-state index contributed by atoms with van der Waals surface area (Å²) in [5.74, 6) is 1.94. The second-order valence-electron chi connectivity index (χ2n) is 11.7. The smallest absolute Gasteiger partial charge is 0.161 e. The lowest BCUT2D eigenvalue weighted by Gasteiger charge is -2.24. The van der Waals surface area contributed by atoms with Gasteiger partial charge < -0.3 is 35.9 Å². The van der Waals surface area contributed by atoms with E-state index >= 15 is 0 Å². The molecule has 3 aromatic rings. The monoisotopic (exact) mass is 565 g/mol. The molecule has 8 heteroatoms. The number of hydrogen-bond donors (Lipinski definition) is 6. The minimum absolute atomic E-state index is 0.0895. The van der Waals surface area contributed by atoms with Crippen molar-refractivity contribution in [2.75, 3.05) is 18.9 Å². The highest BCUT2D eigenvalue weighted by Crippen LogP contribution is 2.33. The number of H-pyrrole nitrogens is 1. The van der Waals surface area contributed by atoms with E-state index in [1.165, 1.54) is 0 Å². The Kier molecular flexibility index (Phi) is 11.9. The molecule has 0 unspecified atom stereocenters. The molecule has 0 aliphatic heterocycles. The zero-order chi connectivity index (χ0) is 29.0. The van der Waals surface area contributed by atoms with Crippen LogP contribution in [0.3, 0.4) is 0 Å². The molecular formula is C33H47N3O5. The number of benzene rings is 1. The van der Waals surface area contributed by atoms with Crippen LogP contribution in [0.2, 0.25) is 0 Å². The first-order valence-corrected chi connectivity index (χ1v) is 15.2. The number of anilines is 1. The number of nitrogens with two attached hydrogens (primary N) is 1. The lowest BCUT2D eigenvalue weighted by Crippen LogP contribution is -2.26. The van der Waals surface area contributed by atoms with Crippen molar-refractivity contribution in [3.05, 3.63) is 71.7 Å². The second-order valence-corrected chi connectivity index (χ2v) is 11.7. The fourth-order valence-electron chi connectivity index (χ4n) is 6.19. The number of phenols is 1. The maximum atomic E-state index is 10.8. The summed E-state index contributed by atoms with van der Waals surface area (Å²) in [5.41, 5.74) is 9.13. The molecule has 1 aliphatic carbocycles. The van der Waals surface area contributed by atoms with Crippen LogP contribution in [0.25, 0.3) is 0 Å². The van der Waals surface area contributed by atoms with Gasteiger partial charge in [-0.2, -0.15) is 0 Å². The Bertz CT molecular complexity index is 1170. The summed E-state index contributed by atoms with van der Waals surface area (Å²) in [5, 5.41) is 41.2. The standard InChI is InChI=1S/C33H47N3O5/c34-33-21-26(12-16-36-33)27(20-28-5-2-15-35-28)14-18-41-32-19-24(8-11-30(32)39)7-10-29(38)22-31(40)25-4-1-3-23(6-9-25)13-17-37/h2,5,8,11-12,15-16,19,21,23,25,27,29,31,35,37-40H,1,3-4,6-7,9-10,13-14,17-18,20,22H2,(H2,34,36)/t23-,25+,27-,29-,31-/m1/s1. The van der Waals surface area contributed by atoms with E-state index in [-0.39, 0.29) is 24.2 Å². The van der Waals surface area contributed by atoms with Gasteiger partial charge in [0, 0.05) is 24.7 Å². The molecule has 7 N–H and O–H groups in total. The third kappa shape index (κ3) is 9.76. The van der Waals surface area contributed by atoms with E-state index in [9.17, 15) is 20.4 Å². The Morgan fingerprint density at radius 3 is 2.71 bits per heavy atom. The minimum atomic E-state index is -0.596. The van der Waals surface area contributed by atoms with Gasteiger partial charge in [0.1, 0.15) is 5.82 Å². The van der Waals surface area contributed by atoms with Crippen molar-refractivity contribution >= 4 is 5.82 Å². The normalized spacial score (nSPS) is 19.8. The third-order valence-corrected chi connectivity index (χ3v) is 8.65. The highest BCUT2D eigenvalue weighted by molar-refractivity contribution is 5.42. The highest BCUT2D eigenvalue weighted by Gasteiger charge is 2.26. The number of nitrogen functional groups attached to an aromatic ring is 1. The van der Waals surface area contributed by atoms with E-state index in [0.717, 1.165) is 68.2 Å². The van der Waals surface area contributed by atoms with Crippen molar-refractivity contribution in [2.45, 2.75) is 88.8 Å². The summed E-state index contributed by atoms with van der Waals surface area (Å²) in [6.07, 6.45) is 11.6. The van der Waals surface area contributed by atoms with Crippen LogP contribution in [-0.4, -0.2) is 55.8 Å². The summed E-state index contributed by atoms with van der Waals surface area (Å²) in [6.45, 7) is 0.649. The average Bonchev–Trinajstić information content (AvgIpc) is 3.36. The van der Waals surface area contributed by atoms with Crippen molar-refractivity contribution in [1.82, 2.24) is 9.97 Å². The fourth-order valence-corrected chi connectivity index (χ4v) is 6.19. The number of aryl methyl sites for hydroxylation is 1. The van der Waals surface area contributed by atoms with Gasteiger partial charge in [-0.15, -0.1) is 0 Å². The third-order valence-electron chi connectivity index (χ3n) is 8.65. The first-order chi connectivity index (χ1) is 19.9. The molecule has 1 aromatic carbocycles. The van der Waals surface area contributed by atoms with Crippen molar-refractivity contribution in [3.63, 3.8) is 0 Å². The predicted octanol–water partition coefficient (Wildman–Crippen LogP) is 5.12. The maximum Gasteiger partial charge on any atom is 0.161 e. The lowest BCUT2D eigenvalue weighted by molar-refractivity contribution is 0.0351. The minimum Gasteiger partial charge on any atom is -0.504 e. The summed E-state index contributed by atoms with van der Waals surface area (Å²) in [4.78, 5) is 7.38. The second kappa shape index (κ2) is 15.8. The molecule has 1 aliphatic rings. The number of hydrogen-bond acceptors (Lipinski definition) is 7. The Labute approximate surface area is 243 Å². The molecule has 0 radical (unpaired) electrons. The van der Waals surface area contributed by atoms with Gasteiger partial charge in [0.15, 0.2) is 11.5 Å². The Hall–Kier alpha value is -3.07. The van der Waals surface area contributed by atoms with E-state index in [1.807, 2.05) is 36.5 Å². The van der Waals surface area contributed by atoms with E-state index in [2.05, 4.69) is 16.0 Å². The zero-order valence-corrected chi connectivity index (χ0v) is 24.0. The SMILES string of the molecule is Nc1cc([C@H](CCOc2cc(CC[C@@H](O)C[C@@H](O)[C@H]3CCC[C@@H](CCO)CC3)ccc2O)Cc2ccc[nH]2)ccn1. The van der Waals surface area contributed by atoms with Gasteiger partial charge in [0.2, 0.25) is 0 Å². The number of ether oxygens (including phenoxy) is 1. The van der Waals surface area contributed by atoms with Crippen molar-refractivity contribution in [2.24, 2.45) is 11.8 Å². The van der Waals surface area contributed by atoms with Gasteiger partial charge in [-0.1, -0.05) is 25.3 Å². The van der Waals surface area contributed by atoms with Gasteiger partial charge >= 0.3 is 0 Å². The number of phenolic OH excluding ortho intramolecular Hbond substituents is 1. The fraction of sp³-hybridized carbons (Fsp3) is 0.545. The van der Waals surface area contributed by atoms with E-state index < -0.39 is 12.2 Å². The molecule has 0 spiro atoms. The maximum absolute atomic E-state index is 10.8. The van der Waals surface area contributed by atoms with Crippen LogP contribution in [0.4, 0.5) is 5.82 Å². The van der Waals surface area contributed by atoms with Crippen LogP contribution in [0.5, 0.6) is 11.5 Å². The predicted molar refractivity (Wildman–Crippen MR) is 161 cm³/mol. The average molecular weight is 566 g/mol. The van der Waals surface area contributed by atoms with E-state index in [4.69, 9.17) is 10.5 Å². The number of nitrogens with one attached hydrogen (secondary N) is 1.